The van der Waals surface area contributed by atoms with Crippen LogP contribution in [0.2, 0.25) is 0 Å². The lowest BCUT2D eigenvalue weighted by Gasteiger charge is -2.25. The van der Waals surface area contributed by atoms with E-state index in [1.54, 1.807) is 0 Å². The van der Waals surface area contributed by atoms with E-state index in [-0.39, 0.29) is 0 Å². The summed E-state index contributed by atoms with van der Waals surface area (Å²) in [6, 6.07) is 6.04. The quantitative estimate of drug-likeness (QED) is 0.864. The van der Waals surface area contributed by atoms with Crippen LogP contribution in [0.5, 0.6) is 11.5 Å². The van der Waals surface area contributed by atoms with E-state index in [4.69, 9.17) is 9.47 Å². The Morgan fingerprint density at radius 3 is 2.72 bits per heavy atom. The summed E-state index contributed by atoms with van der Waals surface area (Å²) in [5, 5.41) is 9.73. The van der Waals surface area contributed by atoms with Gasteiger partial charge in [0.25, 0.3) is 0 Å². The summed E-state index contributed by atoms with van der Waals surface area (Å²) in [5.41, 5.74) is 0.575. The van der Waals surface area contributed by atoms with Crippen LogP contribution in [-0.4, -0.2) is 42.5 Å². The highest BCUT2D eigenvalue weighted by atomic mass is 16.7. The summed E-state index contributed by atoms with van der Waals surface area (Å²) in [6.45, 7) is 5.53. The normalized spacial score (nSPS) is 14.3. The molecule has 0 spiro atoms. The van der Waals surface area contributed by atoms with Crippen LogP contribution >= 0.6 is 0 Å². The number of fused-ring (bicyclic) bond motifs is 1. The van der Waals surface area contributed by atoms with E-state index < -0.39 is 5.60 Å². The molecule has 0 bridgehead atoms. The highest BCUT2D eigenvalue weighted by Crippen LogP contribution is 2.32. The van der Waals surface area contributed by atoms with Gasteiger partial charge in [-0.05, 0) is 45.0 Å². The van der Waals surface area contributed by atoms with Gasteiger partial charge in [-0.25, -0.2) is 0 Å². The highest BCUT2D eigenvalue weighted by molar-refractivity contribution is 5.44. The number of hydrogen-bond acceptors (Lipinski definition) is 4. The van der Waals surface area contributed by atoms with Gasteiger partial charge in [-0.15, -0.1) is 0 Å². The smallest absolute Gasteiger partial charge is 0.231 e. The van der Waals surface area contributed by atoms with Crippen molar-refractivity contribution in [1.82, 2.24) is 4.90 Å². The molecule has 0 amide bonds. The van der Waals surface area contributed by atoms with Gasteiger partial charge >= 0.3 is 0 Å². The summed E-state index contributed by atoms with van der Waals surface area (Å²) >= 11 is 0. The van der Waals surface area contributed by atoms with Crippen molar-refractivity contribution in [3.63, 3.8) is 0 Å². The second-order valence-corrected chi connectivity index (χ2v) is 5.49. The number of likely N-dealkylation sites (N-methyl/N-ethyl adjacent to an activating group) is 1. The Hall–Kier alpha value is -1.26. The van der Waals surface area contributed by atoms with Crippen molar-refractivity contribution in [2.75, 3.05) is 26.9 Å². The number of nitrogens with zero attached hydrogens (tertiary/aromatic N) is 1. The largest absolute Gasteiger partial charge is 0.454 e. The maximum atomic E-state index is 9.73. The van der Waals surface area contributed by atoms with Crippen LogP contribution in [0, 0.1) is 0 Å². The maximum absolute atomic E-state index is 9.73. The lowest BCUT2D eigenvalue weighted by molar-refractivity contribution is 0.0450. The fourth-order valence-electron chi connectivity index (χ4n) is 2.16. The molecule has 2 rings (SSSR count). The van der Waals surface area contributed by atoms with Crippen LogP contribution in [0.1, 0.15) is 19.4 Å². The number of ether oxygens (including phenoxy) is 2. The zero-order chi connectivity index (χ0) is 13.2. The van der Waals surface area contributed by atoms with Gasteiger partial charge in [0.05, 0.1) is 5.60 Å². The molecule has 1 heterocycles. The van der Waals surface area contributed by atoms with Gasteiger partial charge < -0.3 is 19.5 Å². The van der Waals surface area contributed by atoms with Crippen LogP contribution in [0.3, 0.4) is 0 Å². The maximum Gasteiger partial charge on any atom is 0.231 e. The van der Waals surface area contributed by atoms with Gasteiger partial charge in [0, 0.05) is 13.1 Å². The molecule has 0 fully saturated rings. The minimum Gasteiger partial charge on any atom is -0.454 e. The number of hydrogen-bond donors (Lipinski definition) is 1. The Morgan fingerprint density at radius 1 is 1.28 bits per heavy atom. The Balaban J connectivity index is 1.87. The topological polar surface area (TPSA) is 41.9 Å². The van der Waals surface area contributed by atoms with Crippen molar-refractivity contribution in [1.29, 1.82) is 0 Å². The molecule has 0 saturated carbocycles. The predicted octanol–water partition coefficient (Wildman–Crippen LogP) is 1.66. The molecule has 18 heavy (non-hydrogen) atoms. The standard InChI is InChI=1S/C14H21NO3/c1-14(2,16)9-15(3)7-6-11-4-5-12-13(8-11)18-10-17-12/h4-5,8,16H,6-7,9-10H2,1-3H3. The van der Waals surface area contributed by atoms with E-state index in [2.05, 4.69) is 11.0 Å². The molecule has 4 nitrogen and oxygen atoms in total. The summed E-state index contributed by atoms with van der Waals surface area (Å²) in [4.78, 5) is 2.13. The molecular formula is C14H21NO3. The third-order valence-corrected chi connectivity index (χ3v) is 2.88. The first-order valence-electron chi connectivity index (χ1n) is 6.23. The van der Waals surface area contributed by atoms with Gasteiger partial charge in [-0.2, -0.15) is 0 Å². The van der Waals surface area contributed by atoms with Gasteiger partial charge in [0.2, 0.25) is 6.79 Å². The molecular weight excluding hydrogens is 230 g/mol. The Labute approximate surface area is 108 Å². The Bertz CT molecular complexity index is 412. The molecule has 0 unspecified atom stereocenters. The van der Waals surface area contributed by atoms with Crippen molar-refractivity contribution >= 4 is 0 Å². The van der Waals surface area contributed by atoms with E-state index in [1.165, 1.54) is 5.56 Å². The number of rotatable bonds is 5. The Kier molecular flexibility index (Phi) is 3.78. The lowest BCUT2D eigenvalue weighted by atomic mass is 10.1. The van der Waals surface area contributed by atoms with Gasteiger partial charge in [0.1, 0.15) is 0 Å². The molecule has 0 aliphatic carbocycles. The number of benzene rings is 1. The second kappa shape index (κ2) is 5.16. The van der Waals surface area contributed by atoms with Gasteiger partial charge in [0.15, 0.2) is 11.5 Å². The molecule has 1 aromatic rings. The molecule has 1 N–H and O–H groups in total. The van der Waals surface area contributed by atoms with E-state index in [0.717, 1.165) is 24.5 Å². The van der Waals surface area contributed by atoms with Crippen molar-refractivity contribution < 1.29 is 14.6 Å². The van der Waals surface area contributed by atoms with E-state index >= 15 is 0 Å². The summed E-state index contributed by atoms with van der Waals surface area (Å²) in [5.74, 6) is 1.65. The van der Waals surface area contributed by atoms with Crippen molar-refractivity contribution in [3.8, 4) is 11.5 Å². The molecule has 1 aliphatic rings. The van der Waals surface area contributed by atoms with Crippen LogP contribution < -0.4 is 9.47 Å². The lowest BCUT2D eigenvalue weighted by Crippen LogP contribution is -2.37. The Morgan fingerprint density at radius 2 is 2.00 bits per heavy atom. The molecule has 100 valence electrons. The minimum atomic E-state index is -0.649. The predicted molar refractivity (Wildman–Crippen MR) is 70.1 cm³/mol. The average Bonchev–Trinajstić information content (AvgIpc) is 2.71. The first-order valence-corrected chi connectivity index (χ1v) is 6.23. The minimum absolute atomic E-state index is 0.317. The van der Waals surface area contributed by atoms with Crippen molar-refractivity contribution in [3.05, 3.63) is 23.8 Å². The van der Waals surface area contributed by atoms with Gasteiger partial charge in [-0.3, -0.25) is 0 Å². The second-order valence-electron chi connectivity index (χ2n) is 5.49. The van der Waals surface area contributed by atoms with Crippen LogP contribution in [0.4, 0.5) is 0 Å². The SMILES string of the molecule is CN(CCc1ccc2c(c1)OCO2)CC(C)(C)O. The summed E-state index contributed by atoms with van der Waals surface area (Å²) in [7, 11) is 2.02. The molecule has 0 atom stereocenters. The highest BCUT2D eigenvalue weighted by Gasteiger charge is 2.16. The fraction of sp³-hybridized carbons (Fsp3) is 0.571. The van der Waals surface area contributed by atoms with Crippen molar-refractivity contribution in [2.45, 2.75) is 25.9 Å². The first kappa shape index (κ1) is 13.2. The van der Waals surface area contributed by atoms with Crippen LogP contribution in [-0.2, 0) is 6.42 Å². The zero-order valence-corrected chi connectivity index (χ0v) is 11.3. The molecule has 0 saturated heterocycles. The van der Waals surface area contributed by atoms with Crippen molar-refractivity contribution in [2.24, 2.45) is 0 Å². The fourth-order valence-corrected chi connectivity index (χ4v) is 2.16. The summed E-state index contributed by atoms with van der Waals surface area (Å²) < 4.78 is 10.6. The van der Waals surface area contributed by atoms with Crippen LogP contribution in [0.15, 0.2) is 18.2 Å². The molecule has 1 aliphatic heterocycles. The van der Waals surface area contributed by atoms with Crippen LogP contribution in [0.25, 0.3) is 0 Å². The molecule has 4 heteroatoms. The van der Waals surface area contributed by atoms with E-state index in [0.29, 0.717) is 13.3 Å². The average molecular weight is 251 g/mol. The molecule has 1 aromatic carbocycles. The monoisotopic (exact) mass is 251 g/mol. The van der Waals surface area contributed by atoms with Gasteiger partial charge in [-0.1, -0.05) is 6.07 Å². The van der Waals surface area contributed by atoms with E-state index in [1.807, 2.05) is 33.0 Å². The third-order valence-electron chi connectivity index (χ3n) is 2.88. The molecule has 0 aromatic heterocycles. The zero-order valence-electron chi connectivity index (χ0n) is 11.3. The summed E-state index contributed by atoms with van der Waals surface area (Å²) in [6.07, 6.45) is 0.934. The third kappa shape index (κ3) is 3.62. The molecule has 0 radical (unpaired) electrons. The number of aliphatic hydroxyl groups is 1. The van der Waals surface area contributed by atoms with E-state index in [9.17, 15) is 5.11 Å². The first-order chi connectivity index (χ1) is 8.44.